The van der Waals surface area contributed by atoms with Crippen molar-refractivity contribution in [2.45, 2.75) is 39.3 Å². The van der Waals surface area contributed by atoms with Gasteiger partial charge in [0, 0.05) is 31.6 Å². The number of morpholine rings is 1. The van der Waals surface area contributed by atoms with Gasteiger partial charge in [0.15, 0.2) is 0 Å². The van der Waals surface area contributed by atoms with E-state index in [1.54, 1.807) is 11.3 Å². The lowest BCUT2D eigenvalue weighted by atomic mass is 10.1. The topological polar surface area (TPSA) is 54.5 Å². The number of thiazole rings is 1. The van der Waals surface area contributed by atoms with Gasteiger partial charge in [0.2, 0.25) is 5.91 Å². The van der Waals surface area contributed by atoms with Crippen LogP contribution < -0.4 is 5.32 Å². The number of nitrogens with one attached hydrogen (secondary N) is 1. The normalized spacial score (nSPS) is 18.5. The average molecular weight is 374 g/mol. The fourth-order valence-electron chi connectivity index (χ4n) is 3.11. The molecule has 1 aromatic heterocycles. The van der Waals surface area contributed by atoms with Crippen LogP contribution in [0, 0.1) is 13.8 Å². The van der Waals surface area contributed by atoms with Gasteiger partial charge in [-0.15, -0.1) is 11.3 Å². The second-order valence-electron chi connectivity index (χ2n) is 6.95. The monoisotopic (exact) mass is 373 g/mol. The summed E-state index contributed by atoms with van der Waals surface area (Å²) in [6.07, 6.45) is 0.462. The predicted molar refractivity (Wildman–Crippen MR) is 105 cm³/mol. The highest BCUT2D eigenvalue weighted by atomic mass is 32.1. The Hall–Kier alpha value is -1.76. The highest BCUT2D eigenvalue weighted by molar-refractivity contribution is 7.15. The maximum atomic E-state index is 12.7. The van der Waals surface area contributed by atoms with Crippen LogP contribution in [0.3, 0.4) is 0 Å². The van der Waals surface area contributed by atoms with Gasteiger partial charge in [-0.3, -0.25) is 4.79 Å². The van der Waals surface area contributed by atoms with Crippen molar-refractivity contribution in [2.75, 3.05) is 26.8 Å². The molecule has 3 rings (SSSR count). The molecule has 1 N–H and O–H groups in total. The molecule has 2 unspecified atom stereocenters. The average Bonchev–Trinajstić information content (AvgIpc) is 3.03. The van der Waals surface area contributed by atoms with Gasteiger partial charge in [-0.25, -0.2) is 4.98 Å². The van der Waals surface area contributed by atoms with Crippen LogP contribution >= 0.6 is 11.3 Å². The largest absolute Gasteiger partial charge is 0.378 e. The highest BCUT2D eigenvalue weighted by Gasteiger charge is 2.25. The molecule has 0 spiro atoms. The number of benzene rings is 1. The van der Waals surface area contributed by atoms with E-state index in [2.05, 4.69) is 43.4 Å². The molecule has 1 amide bonds. The third-order valence-electron chi connectivity index (χ3n) is 4.90. The third kappa shape index (κ3) is 4.31. The standard InChI is InChI=1S/C20H27N3O2S/c1-13-5-7-16(8-6-13)20-22-14(2)19(26-20)15(3)23(4)18(24)11-17-12-25-10-9-21-17/h5-8,15,17,21H,9-12H2,1-4H3. The van der Waals surface area contributed by atoms with Crippen molar-refractivity contribution < 1.29 is 9.53 Å². The first-order valence-electron chi connectivity index (χ1n) is 9.07. The Bertz CT molecular complexity index is 751. The summed E-state index contributed by atoms with van der Waals surface area (Å²) in [5, 5.41) is 4.35. The maximum Gasteiger partial charge on any atom is 0.224 e. The van der Waals surface area contributed by atoms with Gasteiger partial charge in [-0.1, -0.05) is 29.8 Å². The van der Waals surface area contributed by atoms with E-state index in [0.29, 0.717) is 13.0 Å². The number of carbonyl (C=O) groups is 1. The Balaban J connectivity index is 1.71. The lowest BCUT2D eigenvalue weighted by molar-refractivity contribution is -0.133. The second kappa shape index (κ2) is 8.29. The van der Waals surface area contributed by atoms with Crippen LogP contribution in [0.25, 0.3) is 10.6 Å². The number of aromatic nitrogens is 1. The molecule has 0 bridgehead atoms. The third-order valence-corrected chi connectivity index (χ3v) is 6.28. The molecule has 1 saturated heterocycles. The van der Waals surface area contributed by atoms with Crippen LogP contribution in [-0.4, -0.2) is 48.6 Å². The van der Waals surface area contributed by atoms with Crippen molar-refractivity contribution in [3.63, 3.8) is 0 Å². The minimum Gasteiger partial charge on any atom is -0.378 e. The van der Waals surface area contributed by atoms with Crippen molar-refractivity contribution >= 4 is 17.2 Å². The van der Waals surface area contributed by atoms with E-state index in [-0.39, 0.29) is 18.0 Å². The van der Waals surface area contributed by atoms with Crippen LogP contribution in [0.2, 0.25) is 0 Å². The number of rotatable bonds is 5. The Morgan fingerprint density at radius 2 is 2.12 bits per heavy atom. The molecule has 140 valence electrons. The van der Waals surface area contributed by atoms with E-state index in [1.807, 2.05) is 18.9 Å². The molecule has 1 aliphatic rings. The number of nitrogens with zero attached hydrogens (tertiary/aromatic N) is 2. The summed E-state index contributed by atoms with van der Waals surface area (Å²) < 4.78 is 5.45. The fraction of sp³-hybridized carbons (Fsp3) is 0.500. The van der Waals surface area contributed by atoms with Crippen LogP contribution in [0.5, 0.6) is 0 Å². The number of ether oxygens (including phenoxy) is 1. The van der Waals surface area contributed by atoms with Crippen LogP contribution in [-0.2, 0) is 9.53 Å². The van der Waals surface area contributed by atoms with Crippen molar-refractivity contribution in [2.24, 2.45) is 0 Å². The van der Waals surface area contributed by atoms with E-state index in [9.17, 15) is 4.79 Å². The molecule has 1 aliphatic heterocycles. The summed E-state index contributed by atoms with van der Waals surface area (Å²) in [6, 6.07) is 8.52. The summed E-state index contributed by atoms with van der Waals surface area (Å²) >= 11 is 1.67. The number of hydrogen-bond donors (Lipinski definition) is 1. The van der Waals surface area contributed by atoms with Crippen molar-refractivity contribution in [3.8, 4) is 10.6 Å². The van der Waals surface area contributed by atoms with Gasteiger partial charge in [0.1, 0.15) is 5.01 Å². The van der Waals surface area contributed by atoms with Crippen molar-refractivity contribution in [1.82, 2.24) is 15.2 Å². The lowest BCUT2D eigenvalue weighted by Crippen LogP contribution is -2.44. The Kier molecular flexibility index (Phi) is 6.06. The quantitative estimate of drug-likeness (QED) is 0.873. The summed E-state index contributed by atoms with van der Waals surface area (Å²) in [4.78, 5) is 20.4. The Morgan fingerprint density at radius 3 is 2.77 bits per heavy atom. The van der Waals surface area contributed by atoms with Gasteiger partial charge in [-0.2, -0.15) is 0 Å². The van der Waals surface area contributed by atoms with Crippen LogP contribution in [0.1, 0.15) is 35.5 Å². The molecule has 1 aromatic carbocycles. The molecular weight excluding hydrogens is 346 g/mol. The van der Waals surface area contributed by atoms with Gasteiger partial charge in [-0.05, 0) is 20.8 Å². The molecule has 2 aromatic rings. The number of aryl methyl sites for hydroxylation is 2. The number of hydrogen-bond acceptors (Lipinski definition) is 5. The first-order chi connectivity index (χ1) is 12.5. The number of amides is 1. The second-order valence-corrected chi connectivity index (χ2v) is 7.98. The van der Waals surface area contributed by atoms with E-state index in [4.69, 9.17) is 9.72 Å². The van der Waals surface area contributed by atoms with Crippen LogP contribution in [0.4, 0.5) is 0 Å². The summed E-state index contributed by atoms with van der Waals surface area (Å²) in [5.74, 6) is 0.130. The SMILES string of the molecule is Cc1ccc(-c2nc(C)c(C(C)N(C)C(=O)CC3COCCN3)s2)cc1. The molecular formula is C20H27N3O2S. The molecule has 26 heavy (non-hydrogen) atoms. The van der Waals surface area contributed by atoms with E-state index in [1.165, 1.54) is 5.56 Å². The fourth-order valence-corrected chi connectivity index (χ4v) is 4.28. The Morgan fingerprint density at radius 1 is 1.38 bits per heavy atom. The van der Waals surface area contributed by atoms with E-state index >= 15 is 0 Å². The van der Waals surface area contributed by atoms with Crippen molar-refractivity contribution in [1.29, 1.82) is 0 Å². The summed E-state index contributed by atoms with van der Waals surface area (Å²) in [6.45, 7) is 8.31. The van der Waals surface area contributed by atoms with Gasteiger partial charge in [0.25, 0.3) is 0 Å². The van der Waals surface area contributed by atoms with Gasteiger partial charge in [0.05, 0.1) is 29.8 Å². The minimum atomic E-state index is 0.00343. The van der Waals surface area contributed by atoms with Crippen molar-refractivity contribution in [3.05, 3.63) is 40.4 Å². The Labute approximate surface area is 159 Å². The van der Waals surface area contributed by atoms with Gasteiger partial charge >= 0.3 is 0 Å². The molecule has 1 fully saturated rings. The molecule has 5 nitrogen and oxygen atoms in total. The highest BCUT2D eigenvalue weighted by Crippen LogP contribution is 2.34. The molecule has 6 heteroatoms. The minimum absolute atomic E-state index is 0.00343. The maximum absolute atomic E-state index is 12.7. The smallest absolute Gasteiger partial charge is 0.224 e. The zero-order valence-corrected chi connectivity index (χ0v) is 16.7. The zero-order valence-electron chi connectivity index (χ0n) is 15.9. The van der Waals surface area contributed by atoms with Gasteiger partial charge < -0.3 is 15.0 Å². The van der Waals surface area contributed by atoms with Crippen LogP contribution in [0.15, 0.2) is 24.3 Å². The molecule has 0 aliphatic carbocycles. The predicted octanol–water partition coefficient (Wildman–Crippen LogP) is 3.32. The first-order valence-corrected chi connectivity index (χ1v) is 9.88. The summed E-state index contributed by atoms with van der Waals surface area (Å²) in [7, 11) is 1.88. The molecule has 2 heterocycles. The first kappa shape index (κ1) is 19.0. The summed E-state index contributed by atoms with van der Waals surface area (Å²) in [5.41, 5.74) is 3.36. The van der Waals surface area contributed by atoms with E-state index in [0.717, 1.165) is 34.3 Å². The molecule has 2 atom stereocenters. The van der Waals surface area contributed by atoms with E-state index < -0.39 is 0 Å². The number of carbonyl (C=O) groups excluding carboxylic acids is 1. The molecule has 0 radical (unpaired) electrons. The molecule has 0 saturated carbocycles. The zero-order chi connectivity index (χ0) is 18.7. The lowest BCUT2D eigenvalue weighted by Gasteiger charge is -2.28.